The highest BCUT2D eigenvalue weighted by Crippen LogP contribution is 2.00. The van der Waals surface area contributed by atoms with E-state index in [9.17, 15) is 4.39 Å². The summed E-state index contributed by atoms with van der Waals surface area (Å²) in [5.41, 5.74) is 0. The van der Waals surface area contributed by atoms with Gasteiger partial charge >= 0.3 is 0 Å². The van der Waals surface area contributed by atoms with Crippen LogP contribution in [0.4, 0.5) is 4.39 Å². The van der Waals surface area contributed by atoms with Crippen LogP contribution < -0.4 is 0 Å². The van der Waals surface area contributed by atoms with Crippen LogP contribution in [0, 0.1) is 0 Å². The van der Waals surface area contributed by atoms with Crippen molar-refractivity contribution in [3.05, 3.63) is 24.1 Å². The quantitative estimate of drug-likeness (QED) is 0.512. The lowest BCUT2D eigenvalue weighted by Gasteiger charge is -1.82. The van der Waals surface area contributed by atoms with Crippen molar-refractivity contribution in [2.45, 2.75) is 26.7 Å². The first-order valence-corrected chi connectivity index (χ1v) is 3.33. The maximum Gasteiger partial charge on any atom is 0.118 e. The normalized spacial score (nSPS) is 13.0. The molecule has 0 aromatic rings. The van der Waals surface area contributed by atoms with Gasteiger partial charge in [-0.2, -0.15) is 0 Å². The molecule has 0 aromatic heterocycles. The molecular formula is C8H13F. The van der Waals surface area contributed by atoms with Crippen LogP contribution in [0.15, 0.2) is 24.1 Å². The van der Waals surface area contributed by atoms with Crippen molar-refractivity contribution in [3.8, 4) is 0 Å². The highest BCUT2D eigenvalue weighted by Gasteiger charge is 1.81. The smallest absolute Gasteiger partial charge is 0.118 e. The second-order valence-corrected chi connectivity index (χ2v) is 1.81. The minimum Gasteiger partial charge on any atom is -0.207 e. The molecule has 0 spiro atoms. The van der Waals surface area contributed by atoms with Crippen LogP contribution in [0.1, 0.15) is 26.7 Å². The van der Waals surface area contributed by atoms with Gasteiger partial charge < -0.3 is 0 Å². The summed E-state index contributed by atoms with van der Waals surface area (Å²) < 4.78 is 12.4. The number of hydrogen-bond acceptors (Lipinski definition) is 0. The third-order valence-corrected chi connectivity index (χ3v) is 0.912. The van der Waals surface area contributed by atoms with Crippen LogP contribution in [0.5, 0.6) is 0 Å². The van der Waals surface area contributed by atoms with E-state index in [1.165, 1.54) is 6.08 Å². The van der Waals surface area contributed by atoms with Crippen LogP contribution in [0.2, 0.25) is 0 Å². The fourth-order valence-electron chi connectivity index (χ4n) is 0.493. The molecule has 0 unspecified atom stereocenters. The third kappa shape index (κ3) is 5.28. The molecule has 52 valence electrons. The van der Waals surface area contributed by atoms with Gasteiger partial charge in [0.05, 0.1) is 0 Å². The Kier molecular flexibility index (Phi) is 5.18. The summed E-state index contributed by atoms with van der Waals surface area (Å²) in [6.45, 7) is 3.90. The summed E-state index contributed by atoms with van der Waals surface area (Å²) in [5.74, 6) is -0.126. The molecule has 0 radical (unpaired) electrons. The van der Waals surface area contributed by atoms with E-state index in [4.69, 9.17) is 0 Å². The Morgan fingerprint density at radius 3 is 2.44 bits per heavy atom. The summed E-state index contributed by atoms with van der Waals surface area (Å²) in [6, 6.07) is 0. The Morgan fingerprint density at radius 1 is 1.33 bits per heavy atom. The predicted octanol–water partition coefficient (Wildman–Crippen LogP) is 3.22. The Bertz CT molecular complexity index is 112. The Balaban J connectivity index is 3.60. The average Bonchev–Trinajstić information content (AvgIpc) is 1.85. The first-order chi connectivity index (χ1) is 4.31. The van der Waals surface area contributed by atoms with Gasteiger partial charge in [0.1, 0.15) is 5.83 Å². The largest absolute Gasteiger partial charge is 0.207 e. The average molecular weight is 128 g/mol. The van der Waals surface area contributed by atoms with Gasteiger partial charge in [0.15, 0.2) is 0 Å². The van der Waals surface area contributed by atoms with E-state index in [2.05, 4.69) is 0 Å². The van der Waals surface area contributed by atoms with E-state index in [0.717, 1.165) is 12.8 Å². The van der Waals surface area contributed by atoms with Gasteiger partial charge in [0.2, 0.25) is 0 Å². The molecule has 0 atom stereocenters. The molecule has 0 heterocycles. The monoisotopic (exact) mass is 128 g/mol. The van der Waals surface area contributed by atoms with Crippen molar-refractivity contribution >= 4 is 0 Å². The fourth-order valence-corrected chi connectivity index (χ4v) is 0.493. The summed E-state index contributed by atoms with van der Waals surface area (Å²) >= 11 is 0. The first kappa shape index (κ1) is 8.41. The Morgan fingerprint density at radius 2 is 2.00 bits per heavy atom. The molecule has 0 amide bonds. The molecule has 1 heteroatoms. The predicted molar refractivity (Wildman–Crippen MR) is 38.9 cm³/mol. The lowest BCUT2D eigenvalue weighted by atomic mass is 10.3. The molecular weight excluding hydrogens is 115 g/mol. The molecule has 0 aromatic carbocycles. The van der Waals surface area contributed by atoms with Gasteiger partial charge in [0, 0.05) is 0 Å². The van der Waals surface area contributed by atoms with Crippen LogP contribution >= 0.6 is 0 Å². The number of halogens is 1. The lowest BCUT2D eigenvalue weighted by Crippen LogP contribution is -1.63. The van der Waals surface area contributed by atoms with E-state index in [0.29, 0.717) is 0 Å². The fraction of sp³-hybridized carbons (Fsp3) is 0.500. The molecule has 0 nitrogen and oxygen atoms in total. The van der Waals surface area contributed by atoms with Crippen molar-refractivity contribution in [1.82, 2.24) is 0 Å². The van der Waals surface area contributed by atoms with Crippen molar-refractivity contribution in [2.24, 2.45) is 0 Å². The minimum atomic E-state index is -0.126. The van der Waals surface area contributed by atoms with E-state index in [1.54, 1.807) is 6.08 Å². The van der Waals surface area contributed by atoms with Gasteiger partial charge in [-0.05, 0) is 25.0 Å². The second-order valence-electron chi connectivity index (χ2n) is 1.81. The van der Waals surface area contributed by atoms with Crippen molar-refractivity contribution in [2.75, 3.05) is 0 Å². The van der Waals surface area contributed by atoms with Gasteiger partial charge in [0.25, 0.3) is 0 Å². The topological polar surface area (TPSA) is 0 Å². The molecule has 0 saturated carbocycles. The van der Waals surface area contributed by atoms with E-state index in [1.807, 2.05) is 19.9 Å². The first-order valence-electron chi connectivity index (χ1n) is 3.33. The zero-order chi connectivity index (χ0) is 7.11. The van der Waals surface area contributed by atoms with Crippen molar-refractivity contribution < 1.29 is 4.39 Å². The summed E-state index contributed by atoms with van der Waals surface area (Å²) in [7, 11) is 0. The highest BCUT2D eigenvalue weighted by atomic mass is 19.1. The summed E-state index contributed by atoms with van der Waals surface area (Å²) in [5, 5.41) is 0. The van der Waals surface area contributed by atoms with Crippen LogP contribution in [0.3, 0.4) is 0 Å². The maximum absolute atomic E-state index is 12.4. The summed E-state index contributed by atoms with van der Waals surface area (Å²) in [6.07, 6.45) is 6.53. The number of hydrogen-bond donors (Lipinski definition) is 0. The van der Waals surface area contributed by atoms with E-state index in [-0.39, 0.29) is 5.83 Å². The second kappa shape index (κ2) is 5.54. The molecule has 0 fully saturated rings. The number of allylic oxidation sites excluding steroid dienone is 4. The third-order valence-electron chi connectivity index (χ3n) is 0.912. The van der Waals surface area contributed by atoms with Gasteiger partial charge in [-0.25, -0.2) is 4.39 Å². The van der Waals surface area contributed by atoms with E-state index < -0.39 is 0 Å². The Hall–Kier alpha value is -0.590. The van der Waals surface area contributed by atoms with Crippen LogP contribution in [0.25, 0.3) is 0 Å². The standard InChI is InChI=1S/C8H13F/c1-3-5-7-8(9)6-4-2/h5-7H,3-4H2,1-2H3/b7-5-,8-6+. The molecule has 0 bridgehead atoms. The molecule has 0 aliphatic heterocycles. The lowest BCUT2D eigenvalue weighted by molar-refractivity contribution is 0.660. The zero-order valence-corrected chi connectivity index (χ0v) is 6.02. The number of rotatable bonds is 3. The SMILES string of the molecule is CC/C=C\C(F)=C/CC. The highest BCUT2D eigenvalue weighted by molar-refractivity contribution is 5.09. The molecule has 0 saturated heterocycles. The van der Waals surface area contributed by atoms with E-state index >= 15 is 0 Å². The van der Waals surface area contributed by atoms with Crippen molar-refractivity contribution in [3.63, 3.8) is 0 Å². The minimum absolute atomic E-state index is 0.126. The van der Waals surface area contributed by atoms with Crippen LogP contribution in [-0.4, -0.2) is 0 Å². The van der Waals surface area contributed by atoms with Gasteiger partial charge in [-0.3, -0.25) is 0 Å². The Labute approximate surface area is 56.1 Å². The van der Waals surface area contributed by atoms with Crippen molar-refractivity contribution in [1.29, 1.82) is 0 Å². The maximum atomic E-state index is 12.4. The van der Waals surface area contributed by atoms with Crippen LogP contribution in [-0.2, 0) is 0 Å². The molecule has 0 N–H and O–H groups in total. The van der Waals surface area contributed by atoms with Gasteiger partial charge in [-0.1, -0.05) is 19.9 Å². The zero-order valence-electron chi connectivity index (χ0n) is 6.02. The molecule has 0 rings (SSSR count). The summed E-state index contributed by atoms with van der Waals surface area (Å²) in [4.78, 5) is 0. The molecule has 0 aliphatic carbocycles. The molecule has 0 aliphatic rings. The van der Waals surface area contributed by atoms with Gasteiger partial charge in [-0.15, -0.1) is 0 Å². The molecule has 9 heavy (non-hydrogen) atoms.